The van der Waals surface area contributed by atoms with Gasteiger partial charge in [-0.1, -0.05) is 11.6 Å². The molecule has 28 heavy (non-hydrogen) atoms. The van der Waals surface area contributed by atoms with E-state index in [2.05, 4.69) is 9.71 Å². The summed E-state index contributed by atoms with van der Waals surface area (Å²) in [5.74, 6) is -0.323. The predicted molar refractivity (Wildman–Crippen MR) is 107 cm³/mol. The molecular weight excluding hydrogens is 404 g/mol. The van der Waals surface area contributed by atoms with E-state index in [0.717, 1.165) is 0 Å². The molecule has 1 unspecified atom stereocenters. The molecule has 0 spiro atoms. The van der Waals surface area contributed by atoms with Crippen LogP contribution in [0, 0.1) is 6.92 Å². The molecule has 1 aliphatic heterocycles. The molecule has 2 N–H and O–H groups in total. The molecule has 1 aromatic carbocycles. The molecule has 2 heterocycles. The van der Waals surface area contributed by atoms with Crippen molar-refractivity contribution in [3.05, 3.63) is 58.4 Å². The number of halogens is 1. The van der Waals surface area contributed by atoms with Crippen LogP contribution in [0.1, 0.15) is 26.3 Å². The first kappa shape index (κ1) is 20.2. The normalized spacial score (nSPS) is 15.2. The average Bonchev–Trinajstić information content (AvgIpc) is 2.68. The summed E-state index contributed by atoms with van der Waals surface area (Å²) in [6.07, 6.45) is 2.95. The number of hydrogen-bond donors (Lipinski definition) is 2. The number of anilines is 1. The highest BCUT2D eigenvalue weighted by molar-refractivity contribution is 7.80. The van der Waals surface area contributed by atoms with Gasteiger partial charge in [0, 0.05) is 44.1 Å². The van der Waals surface area contributed by atoms with Crippen molar-refractivity contribution in [1.29, 1.82) is 0 Å². The van der Waals surface area contributed by atoms with E-state index in [1.807, 2.05) is 0 Å². The number of pyridine rings is 1. The first-order valence-corrected chi connectivity index (χ1v) is 10.0. The number of carbonyl (C=O) groups is 2. The zero-order chi connectivity index (χ0) is 20.3. The summed E-state index contributed by atoms with van der Waals surface area (Å²) >= 11 is 3.87. The van der Waals surface area contributed by atoms with Gasteiger partial charge in [0.15, 0.2) is 0 Å². The van der Waals surface area contributed by atoms with Crippen LogP contribution in [0.3, 0.4) is 0 Å². The maximum Gasteiger partial charge on any atom is 0.259 e. The van der Waals surface area contributed by atoms with Gasteiger partial charge in [-0.15, -0.1) is 0 Å². The molecule has 2 aromatic rings. The summed E-state index contributed by atoms with van der Waals surface area (Å²) < 4.78 is 22.2. The summed E-state index contributed by atoms with van der Waals surface area (Å²) in [6, 6.07) is 6.46. The van der Waals surface area contributed by atoms with Crippen LogP contribution in [-0.2, 0) is 11.3 Å². The highest BCUT2D eigenvalue weighted by Gasteiger charge is 2.26. The quantitative estimate of drug-likeness (QED) is 0.735. The molecule has 3 rings (SSSR count). The second-order valence-electron chi connectivity index (χ2n) is 6.32. The molecule has 2 amide bonds. The zero-order valence-corrected chi connectivity index (χ0v) is 16.7. The molecule has 0 radical (unpaired) electrons. The van der Waals surface area contributed by atoms with Gasteiger partial charge < -0.3 is 9.80 Å². The monoisotopic (exact) mass is 422 g/mol. The smallest absolute Gasteiger partial charge is 0.259 e. The summed E-state index contributed by atoms with van der Waals surface area (Å²) in [4.78, 5) is 32.6. The first-order chi connectivity index (χ1) is 13.4. The molecule has 148 valence electrons. The van der Waals surface area contributed by atoms with E-state index in [9.17, 15) is 13.8 Å². The van der Waals surface area contributed by atoms with Crippen molar-refractivity contribution in [3.8, 4) is 0 Å². The van der Waals surface area contributed by atoms with Crippen LogP contribution in [0.25, 0.3) is 0 Å². The Labute approximate surface area is 169 Å². The Kier molecular flexibility index (Phi) is 6.28. The van der Waals surface area contributed by atoms with E-state index < -0.39 is 11.3 Å². The second kappa shape index (κ2) is 8.68. The minimum atomic E-state index is -2.17. The van der Waals surface area contributed by atoms with Crippen LogP contribution >= 0.6 is 11.6 Å². The van der Waals surface area contributed by atoms with Crippen LogP contribution in [0.4, 0.5) is 5.69 Å². The largest absolute Gasteiger partial charge is 0.335 e. The number of aromatic nitrogens is 1. The molecule has 10 heteroatoms. The number of nitrogens with zero attached hydrogens (tertiary/aromatic N) is 3. The third-order valence-electron chi connectivity index (χ3n) is 4.53. The SMILES string of the molecule is Cc1cc(C(=O)N2CCN(C(=O)c3ccncc3Cl)CC2)ccc1NS(=O)O. The van der Waals surface area contributed by atoms with E-state index in [1.54, 1.807) is 41.0 Å². The number of hydrogen-bond acceptors (Lipinski definition) is 4. The van der Waals surface area contributed by atoms with Crippen LogP contribution in [0.15, 0.2) is 36.7 Å². The topological polar surface area (TPSA) is 103 Å². The highest BCUT2D eigenvalue weighted by Crippen LogP contribution is 2.20. The van der Waals surface area contributed by atoms with Gasteiger partial charge in [0.05, 0.1) is 16.3 Å². The minimum absolute atomic E-state index is 0.145. The van der Waals surface area contributed by atoms with Crippen molar-refractivity contribution in [3.63, 3.8) is 0 Å². The Morgan fingerprint density at radius 2 is 1.79 bits per heavy atom. The molecule has 1 atom stereocenters. The van der Waals surface area contributed by atoms with Crippen LogP contribution in [0.2, 0.25) is 5.02 Å². The maximum absolute atomic E-state index is 12.7. The third-order valence-corrected chi connectivity index (χ3v) is 5.22. The molecule has 0 aliphatic carbocycles. The van der Waals surface area contributed by atoms with E-state index in [4.69, 9.17) is 16.2 Å². The van der Waals surface area contributed by atoms with Crippen molar-refractivity contribution in [2.24, 2.45) is 0 Å². The molecule has 1 aliphatic rings. The lowest BCUT2D eigenvalue weighted by Gasteiger charge is -2.35. The number of piperazine rings is 1. The van der Waals surface area contributed by atoms with E-state index in [0.29, 0.717) is 53.6 Å². The summed E-state index contributed by atoms with van der Waals surface area (Å²) in [6.45, 7) is 3.39. The molecular formula is C18H19ClN4O4S. The Morgan fingerprint density at radius 1 is 1.14 bits per heavy atom. The Hall–Kier alpha value is -2.49. The van der Waals surface area contributed by atoms with Gasteiger partial charge in [-0.3, -0.25) is 23.8 Å². The van der Waals surface area contributed by atoms with Gasteiger partial charge in [0.2, 0.25) is 0 Å². The van der Waals surface area contributed by atoms with Crippen LogP contribution in [0.5, 0.6) is 0 Å². The average molecular weight is 423 g/mol. The fourth-order valence-electron chi connectivity index (χ4n) is 3.02. The van der Waals surface area contributed by atoms with Gasteiger partial charge in [-0.25, -0.2) is 4.21 Å². The number of benzene rings is 1. The molecule has 0 bridgehead atoms. The Balaban J connectivity index is 1.64. The van der Waals surface area contributed by atoms with Crippen molar-refractivity contribution in [2.45, 2.75) is 6.92 Å². The number of rotatable bonds is 4. The second-order valence-corrected chi connectivity index (χ2v) is 7.43. The van der Waals surface area contributed by atoms with Crippen molar-refractivity contribution in [2.75, 3.05) is 30.9 Å². The van der Waals surface area contributed by atoms with E-state index in [1.165, 1.54) is 12.4 Å². The lowest BCUT2D eigenvalue weighted by atomic mass is 10.1. The summed E-state index contributed by atoms with van der Waals surface area (Å²) in [5, 5.41) is 0.305. The molecule has 1 aromatic heterocycles. The summed E-state index contributed by atoms with van der Waals surface area (Å²) in [7, 11) is 0. The molecule has 1 saturated heterocycles. The standard InChI is InChI=1S/C18H19ClN4O4S/c1-12-10-13(2-3-16(12)21-28(26)27)17(24)22-6-8-23(9-7-22)18(25)14-4-5-20-11-15(14)19/h2-5,10-11,21H,6-9H2,1H3,(H,26,27). The minimum Gasteiger partial charge on any atom is -0.335 e. The lowest BCUT2D eigenvalue weighted by Crippen LogP contribution is -2.50. The van der Waals surface area contributed by atoms with Crippen molar-refractivity contribution in [1.82, 2.24) is 14.8 Å². The van der Waals surface area contributed by atoms with Gasteiger partial charge in [0.25, 0.3) is 23.1 Å². The highest BCUT2D eigenvalue weighted by atomic mass is 35.5. The van der Waals surface area contributed by atoms with Gasteiger partial charge in [0.1, 0.15) is 0 Å². The van der Waals surface area contributed by atoms with Crippen LogP contribution in [-0.4, -0.2) is 61.5 Å². The fourth-order valence-corrected chi connectivity index (χ4v) is 3.64. The van der Waals surface area contributed by atoms with Gasteiger partial charge in [-0.2, -0.15) is 0 Å². The molecule has 1 fully saturated rings. The van der Waals surface area contributed by atoms with Crippen LogP contribution < -0.4 is 4.72 Å². The van der Waals surface area contributed by atoms with Gasteiger partial charge in [-0.05, 0) is 36.8 Å². The third kappa shape index (κ3) is 4.49. The number of carbonyl (C=O) groups excluding carboxylic acids is 2. The molecule has 0 saturated carbocycles. The van der Waals surface area contributed by atoms with Crippen molar-refractivity contribution >= 4 is 40.4 Å². The van der Waals surface area contributed by atoms with Gasteiger partial charge >= 0.3 is 0 Å². The Bertz CT molecular complexity index is 932. The zero-order valence-electron chi connectivity index (χ0n) is 15.1. The maximum atomic E-state index is 12.7. The predicted octanol–water partition coefficient (Wildman–Crippen LogP) is 2.19. The number of aryl methyl sites for hydroxylation is 1. The lowest BCUT2D eigenvalue weighted by molar-refractivity contribution is 0.0535. The van der Waals surface area contributed by atoms with Crippen molar-refractivity contribution < 1.29 is 18.4 Å². The first-order valence-electron chi connectivity index (χ1n) is 8.53. The molecule has 8 nitrogen and oxygen atoms in total. The van der Waals surface area contributed by atoms with E-state index in [-0.39, 0.29) is 11.8 Å². The van der Waals surface area contributed by atoms with E-state index >= 15 is 0 Å². The number of nitrogens with one attached hydrogen (secondary N) is 1. The fraction of sp³-hybridized carbons (Fsp3) is 0.278. The number of amides is 2. The Morgan fingerprint density at radius 3 is 2.36 bits per heavy atom. The summed E-state index contributed by atoms with van der Waals surface area (Å²) in [5.41, 5.74) is 2.07.